The third-order valence-corrected chi connectivity index (χ3v) is 4.80. The Morgan fingerprint density at radius 3 is 2.38 bits per heavy atom. The molecule has 1 unspecified atom stereocenters. The van der Waals surface area contributed by atoms with Gasteiger partial charge in [0.15, 0.2) is 11.6 Å². The summed E-state index contributed by atoms with van der Waals surface area (Å²) >= 11 is 6.20. The van der Waals surface area contributed by atoms with E-state index >= 15 is 0 Å². The Kier molecular flexibility index (Phi) is 5.50. The summed E-state index contributed by atoms with van der Waals surface area (Å²) in [4.78, 5) is 16.0. The van der Waals surface area contributed by atoms with Gasteiger partial charge in [0.05, 0.1) is 6.07 Å². The first-order valence-electron chi connectivity index (χ1n) is 8.13. The van der Waals surface area contributed by atoms with Crippen LogP contribution < -0.4 is 0 Å². The second-order valence-corrected chi connectivity index (χ2v) is 6.42. The van der Waals surface area contributed by atoms with E-state index in [9.17, 15) is 18.8 Å². The van der Waals surface area contributed by atoms with Gasteiger partial charge in [0.2, 0.25) is 0 Å². The van der Waals surface area contributed by atoms with Crippen LogP contribution in [0.3, 0.4) is 0 Å². The fraction of sp³-hybridized carbons (Fsp3) is 0.263. The van der Waals surface area contributed by atoms with Crippen LogP contribution in [0.25, 0.3) is 0 Å². The van der Waals surface area contributed by atoms with Crippen molar-refractivity contribution in [2.45, 2.75) is 6.04 Å². The van der Waals surface area contributed by atoms with Crippen molar-refractivity contribution in [2.75, 3.05) is 26.2 Å². The molecule has 1 amide bonds. The SMILES string of the molecule is N#CC(c1ccccc1Cl)N1CCN(C(=O)c2ccc(F)c(F)c2)CC1. The van der Waals surface area contributed by atoms with Crippen molar-refractivity contribution in [3.05, 3.63) is 70.2 Å². The van der Waals surface area contributed by atoms with Gasteiger partial charge in [-0.2, -0.15) is 5.26 Å². The normalized spacial score (nSPS) is 16.2. The second-order valence-electron chi connectivity index (χ2n) is 6.01. The monoisotopic (exact) mass is 375 g/mol. The van der Waals surface area contributed by atoms with Gasteiger partial charge in [-0.1, -0.05) is 29.8 Å². The first kappa shape index (κ1) is 18.3. The van der Waals surface area contributed by atoms with Crippen molar-refractivity contribution in [3.63, 3.8) is 0 Å². The summed E-state index contributed by atoms with van der Waals surface area (Å²) < 4.78 is 26.4. The van der Waals surface area contributed by atoms with E-state index in [1.807, 2.05) is 17.0 Å². The molecule has 1 aliphatic heterocycles. The predicted molar refractivity (Wildman–Crippen MR) is 93.6 cm³/mol. The van der Waals surface area contributed by atoms with E-state index < -0.39 is 17.7 Å². The topological polar surface area (TPSA) is 47.3 Å². The van der Waals surface area contributed by atoms with Gasteiger partial charge in [0, 0.05) is 42.3 Å². The molecule has 1 heterocycles. The quantitative estimate of drug-likeness (QED) is 0.822. The van der Waals surface area contributed by atoms with Crippen LogP contribution in [0.4, 0.5) is 8.78 Å². The van der Waals surface area contributed by atoms with Crippen molar-refractivity contribution in [2.24, 2.45) is 0 Å². The largest absolute Gasteiger partial charge is 0.336 e. The van der Waals surface area contributed by atoms with E-state index in [0.717, 1.165) is 17.7 Å². The zero-order valence-corrected chi connectivity index (χ0v) is 14.6. The van der Waals surface area contributed by atoms with Crippen LogP contribution in [0.5, 0.6) is 0 Å². The molecule has 0 N–H and O–H groups in total. The fourth-order valence-corrected chi connectivity index (χ4v) is 3.28. The van der Waals surface area contributed by atoms with Crippen LogP contribution in [0, 0.1) is 23.0 Å². The Labute approximate surface area is 155 Å². The van der Waals surface area contributed by atoms with Gasteiger partial charge >= 0.3 is 0 Å². The summed E-state index contributed by atoms with van der Waals surface area (Å²) in [6.45, 7) is 1.75. The van der Waals surface area contributed by atoms with Gasteiger partial charge in [-0.25, -0.2) is 8.78 Å². The fourth-order valence-electron chi connectivity index (χ4n) is 3.04. The molecule has 134 valence electrons. The van der Waals surface area contributed by atoms with Gasteiger partial charge in [-0.3, -0.25) is 9.69 Å². The Morgan fingerprint density at radius 1 is 1.08 bits per heavy atom. The van der Waals surface area contributed by atoms with E-state index in [2.05, 4.69) is 6.07 Å². The van der Waals surface area contributed by atoms with Crippen molar-refractivity contribution in [1.29, 1.82) is 5.26 Å². The Hall–Kier alpha value is -2.49. The highest BCUT2D eigenvalue weighted by Crippen LogP contribution is 2.28. The van der Waals surface area contributed by atoms with Crippen molar-refractivity contribution < 1.29 is 13.6 Å². The predicted octanol–water partition coefficient (Wildman–Crippen LogP) is 3.64. The molecule has 0 aromatic heterocycles. The van der Waals surface area contributed by atoms with Crippen LogP contribution in [0.1, 0.15) is 22.0 Å². The molecule has 1 aliphatic rings. The number of nitrogens with zero attached hydrogens (tertiary/aromatic N) is 3. The molecule has 1 saturated heterocycles. The molecule has 2 aromatic carbocycles. The van der Waals surface area contributed by atoms with E-state index in [4.69, 9.17) is 11.6 Å². The number of amides is 1. The minimum absolute atomic E-state index is 0.111. The summed E-state index contributed by atoms with van der Waals surface area (Å²) in [6.07, 6.45) is 0. The summed E-state index contributed by atoms with van der Waals surface area (Å²) in [5.74, 6) is -2.38. The van der Waals surface area contributed by atoms with Crippen molar-refractivity contribution in [3.8, 4) is 6.07 Å². The molecule has 1 fully saturated rings. The van der Waals surface area contributed by atoms with Crippen LogP contribution in [0.2, 0.25) is 5.02 Å². The molecular weight excluding hydrogens is 360 g/mol. The Bertz CT molecular complexity index is 860. The van der Waals surface area contributed by atoms with Crippen LogP contribution >= 0.6 is 11.6 Å². The highest BCUT2D eigenvalue weighted by Gasteiger charge is 2.28. The number of hydrogen-bond donors (Lipinski definition) is 0. The molecule has 0 radical (unpaired) electrons. The Balaban J connectivity index is 1.68. The van der Waals surface area contributed by atoms with Gasteiger partial charge in [0.25, 0.3) is 5.91 Å². The van der Waals surface area contributed by atoms with Gasteiger partial charge in [-0.15, -0.1) is 0 Å². The maximum Gasteiger partial charge on any atom is 0.254 e. The zero-order chi connectivity index (χ0) is 18.7. The van der Waals surface area contributed by atoms with Crippen molar-refractivity contribution >= 4 is 17.5 Å². The van der Waals surface area contributed by atoms with Gasteiger partial charge in [-0.05, 0) is 24.3 Å². The number of rotatable bonds is 3. The average molecular weight is 376 g/mol. The lowest BCUT2D eigenvalue weighted by atomic mass is 10.1. The first-order valence-corrected chi connectivity index (χ1v) is 8.51. The maximum atomic E-state index is 13.3. The smallest absolute Gasteiger partial charge is 0.254 e. The lowest BCUT2D eigenvalue weighted by Crippen LogP contribution is -2.49. The third-order valence-electron chi connectivity index (χ3n) is 4.46. The molecule has 1 atom stereocenters. The third kappa shape index (κ3) is 3.69. The van der Waals surface area contributed by atoms with Crippen LogP contribution in [0.15, 0.2) is 42.5 Å². The minimum atomic E-state index is -1.04. The van der Waals surface area contributed by atoms with E-state index in [1.165, 1.54) is 6.07 Å². The molecule has 0 aliphatic carbocycles. The van der Waals surface area contributed by atoms with E-state index in [1.54, 1.807) is 17.0 Å². The molecular formula is C19H16ClF2N3O. The molecule has 0 spiro atoms. The maximum absolute atomic E-state index is 13.3. The molecule has 26 heavy (non-hydrogen) atoms. The van der Waals surface area contributed by atoms with E-state index in [0.29, 0.717) is 31.2 Å². The minimum Gasteiger partial charge on any atom is -0.336 e. The zero-order valence-electron chi connectivity index (χ0n) is 13.8. The lowest BCUT2D eigenvalue weighted by Gasteiger charge is -2.37. The first-order chi connectivity index (χ1) is 12.5. The van der Waals surface area contributed by atoms with Crippen molar-refractivity contribution in [1.82, 2.24) is 9.80 Å². The second kappa shape index (κ2) is 7.81. The summed E-state index contributed by atoms with van der Waals surface area (Å²) in [6, 6.07) is 12.1. The average Bonchev–Trinajstić information content (AvgIpc) is 2.66. The molecule has 7 heteroatoms. The molecule has 0 bridgehead atoms. The molecule has 4 nitrogen and oxygen atoms in total. The number of carbonyl (C=O) groups excluding carboxylic acids is 1. The summed E-state index contributed by atoms with van der Waals surface area (Å²) in [7, 11) is 0. The standard InChI is InChI=1S/C19H16ClF2N3O/c20-15-4-2-1-3-14(15)18(12-23)24-7-9-25(10-8-24)19(26)13-5-6-16(21)17(22)11-13/h1-6,11,18H,7-10H2. The molecule has 2 aromatic rings. The van der Waals surface area contributed by atoms with E-state index in [-0.39, 0.29) is 11.5 Å². The number of hydrogen-bond acceptors (Lipinski definition) is 3. The number of halogens is 3. The summed E-state index contributed by atoms with van der Waals surface area (Å²) in [5.41, 5.74) is 0.845. The number of nitriles is 1. The number of piperazine rings is 1. The van der Waals surface area contributed by atoms with Crippen LogP contribution in [-0.2, 0) is 0 Å². The van der Waals surface area contributed by atoms with Gasteiger partial charge < -0.3 is 4.90 Å². The number of benzene rings is 2. The highest BCUT2D eigenvalue weighted by atomic mass is 35.5. The molecule has 0 saturated carbocycles. The highest BCUT2D eigenvalue weighted by molar-refractivity contribution is 6.31. The number of carbonyl (C=O) groups is 1. The van der Waals surface area contributed by atoms with Crippen LogP contribution in [-0.4, -0.2) is 41.9 Å². The molecule has 3 rings (SSSR count). The summed E-state index contributed by atoms with van der Waals surface area (Å²) in [5, 5.41) is 10.1. The van der Waals surface area contributed by atoms with Gasteiger partial charge in [0.1, 0.15) is 6.04 Å². The Morgan fingerprint density at radius 2 is 1.77 bits per heavy atom. The lowest BCUT2D eigenvalue weighted by molar-refractivity contribution is 0.0606.